The summed E-state index contributed by atoms with van der Waals surface area (Å²) >= 11 is 6.28. The molecular weight excluding hydrogens is 520 g/mol. The zero-order chi connectivity index (χ0) is 26.7. The van der Waals surface area contributed by atoms with Gasteiger partial charge in [-0.1, -0.05) is 35.9 Å². The summed E-state index contributed by atoms with van der Waals surface area (Å²) < 4.78 is 24.5. The van der Waals surface area contributed by atoms with Gasteiger partial charge in [0.2, 0.25) is 5.88 Å². The maximum atomic E-state index is 13.5. The Hall–Kier alpha value is -4.89. The lowest BCUT2D eigenvalue weighted by molar-refractivity contribution is 0.414. The van der Waals surface area contributed by atoms with Gasteiger partial charge in [0.15, 0.2) is 17.2 Å². The average Bonchev–Trinajstić information content (AvgIpc) is 3.41. The van der Waals surface area contributed by atoms with Crippen LogP contribution in [0, 0.1) is 0 Å². The summed E-state index contributed by atoms with van der Waals surface area (Å²) in [7, 11) is 3.17. The SMILES string of the molecule is COc1ccc(C2c3c(c4ccccc4oc3=O)Oc3ncn4nc(-c5cc(Cl)ccc5OC)nc4c32)cc1. The predicted molar refractivity (Wildman–Crippen MR) is 144 cm³/mol. The summed E-state index contributed by atoms with van der Waals surface area (Å²) in [4.78, 5) is 23.0. The quantitative estimate of drug-likeness (QED) is 0.257. The van der Waals surface area contributed by atoms with E-state index in [0.717, 1.165) is 5.56 Å². The van der Waals surface area contributed by atoms with E-state index in [2.05, 4.69) is 10.1 Å². The topological polar surface area (TPSA) is 101 Å². The van der Waals surface area contributed by atoms with E-state index in [1.54, 1.807) is 49.1 Å². The summed E-state index contributed by atoms with van der Waals surface area (Å²) in [5.74, 6) is 1.76. The minimum absolute atomic E-state index is 0.323. The minimum atomic E-state index is -0.606. The normalized spacial score (nSPS) is 14.1. The highest BCUT2D eigenvalue weighted by Gasteiger charge is 2.37. The number of rotatable bonds is 4. The van der Waals surface area contributed by atoms with E-state index in [9.17, 15) is 4.79 Å². The average molecular weight is 539 g/mol. The first-order valence-corrected chi connectivity index (χ1v) is 12.4. The van der Waals surface area contributed by atoms with Crippen LogP contribution in [0.2, 0.25) is 5.02 Å². The van der Waals surface area contributed by atoms with Gasteiger partial charge in [-0.15, -0.1) is 5.10 Å². The van der Waals surface area contributed by atoms with E-state index in [-0.39, 0.29) is 0 Å². The molecule has 1 unspecified atom stereocenters. The second-order valence-corrected chi connectivity index (χ2v) is 9.38. The molecule has 0 saturated carbocycles. The van der Waals surface area contributed by atoms with Crippen LogP contribution in [0.5, 0.6) is 23.1 Å². The summed E-state index contributed by atoms with van der Waals surface area (Å²) in [5.41, 5.74) is 2.75. The van der Waals surface area contributed by atoms with Crippen LogP contribution < -0.4 is 19.8 Å². The molecule has 0 amide bonds. The number of hydrogen-bond donors (Lipinski definition) is 0. The van der Waals surface area contributed by atoms with Crippen molar-refractivity contribution in [2.24, 2.45) is 0 Å². The zero-order valence-corrected chi connectivity index (χ0v) is 21.5. The first kappa shape index (κ1) is 23.2. The van der Waals surface area contributed by atoms with Gasteiger partial charge in [-0.05, 0) is 48.0 Å². The molecule has 3 aromatic carbocycles. The largest absolute Gasteiger partial charge is 0.497 e. The summed E-state index contributed by atoms with van der Waals surface area (Å²) in [6, 6.07) is 20.0. The van der Waals surface area contributed by atoms with Gasteiger partial charge in [-0.25, -0.2) is 19.3 Å². The number of halogens is 1. The molecule has 9 nitrogen and oxygen atoms in total. The van der Waals surface area contributed by atoms with Gasteiger partial charge >= 0.3 is 5.63 Å². The molecule has 7 rings (SSSR count). The van der Waals surface area contributed by atoms with Gasteiger partial charge in [-0.3, -0.25) is 0 Å². The second kappa shape index (κ2) is 8.85. The lowest BCUT2D eigenvalue weighted by atomic mass is 9.84. The third-order valence-electron chi connectivity index (χ3n) is 6.81. The number of methoxy groups -OCH3 is 2. The van der Waals surface area contributed by atoms with Crippen LogP contribution in [-0.4, -0.2) is 33.8 Å². The molecule has 0 fully saturated rings. The van der Waals surface area contributed by atoms with E-state index < -0.39 is 11.5 Å². The van der Waals surface area contributed by atoms with Crippen molar-refractivity contribution in [1.29, 1.82) is 0 Å². The Morgan fingerprint density at radius 2 is 1.79 bits per heavy atom. The van der Waals surface area contributed by atoms with E-state index in [0.29, 0.717) is 67.3 Å². The fourth-order valence-electron chi connectivity index (χ4n) is 5.03. The molecule has 4 heterocycles. The van der Waals surface area contributed by atoms with Gasteiger partial charge in [0.1, 0.15) is 23.4 Å². The molecule has 0 aliphatic carbocycles. The Kier molecular flexibility index (Phi) is 5.27. The van der Waals surface area contributed by atoms with Gasteiger partial charge in [0, 0.05) is 5.02 Å². The van der Waals surface area contributed by atoms with Gasteiger partial charge in [0.25, 0.3) is 0 Å². The highest BCUT2D eigenvalue weighted by atomic mass is 35.5. The van der Waals surface area contributed by atoms with Gasteiger partial charge in [0.05, 0.1) is 42.2 Å². The van der Waals surface area contributed by atoms with Crippen molar-refractivity contribution in [2.45, 2.75) is 5.92 Å². The smallest absolute Gasteiger partial charge is 0.344 e. The Labute approximate surface area is 226 Å². The van der Waals surface area contributed by atoms with E-state index in [4.69, 9.17) is 35.2 Å². The van der Waals surface area contributed by atoms with Crippen molar-refractivity contribution < 1.29 is 18.6 Å². The van der Waals surface area contributed by atoms with Crippen molar-refractivity contribution in [2.75, 3.05) is 14.2 Å². The second-order valence-electron chi connectivity index (χ2n) is 8.95. The van der Waals surface area contributed by atoms with Crippen molar-refractivity contribution in [3.05, 3.63) is 105 Å². The van der Waals surface area contributed by atoms with Crippen molar-refractivity contribution >= 4 is 28.2 Å². The first-order valence-electron chi connectivity index (χ1n) is 12.0. The zero-order valence-electron chi connectivity index (χ0n) is 20.7. The lowest BCUT2D eigenvalue weighted by Crippen LogP contribution is -2.22. The Bertz CT molecular complexity index is 1970. The van der Waals surface area contributed by atoms with Gasteiger partial charge in [-0.2, -0.15) is 0 Å². The predicted octanol–water partition coefficient (Wildman–Crippen LogP) is 5.85. The summed E-state index contributed by atoms with van der Waals surface area (Å²) in [6.45, 7) is 0. The molecule has 0 spiro atoms. The van der Waals surface area contributed by atoms with Crippen molar-refractivity contribution in [3.63, 3.8) is 0 Å². The Morgan fingerprint density at radius 1 is 0.974 bits per heavy atom. The van der Waals surface area contributed by atoms with E-state index in [1.807, 2.05) is 36.4 Å². The number of ether oxygens (including phenoxy) is 3. The van der Waals surface area contributed by atoms with Crippen LogP contribution in [0.4, 0.5) is 0 Å². The fourth-order valence-corrected chi connectivity index (χ4v) is 5.20. The lowest BCUT2D eigenvalue weighted by Gasteiger charge is -2.27. The molecule has 1 aliphatic rings. The molecule has 1 aliphatic heterocycles. The molecule has 39 heavy (non-hydrogen) atoms. The van der Waals surface area contributed by atoms with Crippen LogP contribution in [0.1, 0.15) is 22.6 Å². The molecule has 192 valence electrons. The van der Waals surface area contributed by atoms with E-state index in [1.165, 1.54) is 6.33 Å². The molecule has 3 aromatic heterocycles. The number of nitrogens with zero attached hydrogens (tertiary/aromatic N) is 4. The standard InChI is InChI=1S/C29H19ClN4O5/c1-36-17-10-7-15(8-11-17)22-23-25(18-5-3-4-6-21(18)38-29(23)35)39-28-24(22)27-32-26(33-34(27)14-31-28)19-13-16(30)9-12-20(19)37-2/h3-14,22H,1-2H3. The number of para-hydroxylation sites is 1. The molecule has 10 heteroatoms. The van der Waals surface area contributed by atoms with Gasteiger partial charge < -0.3 is 18.6 Å². The summed E-state index contributed by atoms with van der Waals surface area (Å²) in [6.07, 6.45) is 1.53. The monoisotopic (exact) mass is 538 g/mol. The molecule has 1 atom stereocenters. The van der Waals surface area contributed by atoms with Crippen molar-refractivity contribution in [1.82, 2.24) is 19.6 Å². The van der Waals surface area contributed by atoms with Crippen LogP contribution in [0.15, 0.2) is 82.3 Å². The molecule has 0 N–H and O–H groups in total. The fraction of sp³-hybridized carbons (Fsp3) is 0.103. The number of fused-ring (bicyclic) bond motifs is 6. The van der Waals surface area contributed by atoms with Crippen LogP contribution in [-0.2, 0) is 0 Å². The van der Waals surface area contributed by atoms with E-state index >= 15 is 0 Å². The van der Waals surface area contributed by atoms with Crippen LogP contribution >= 0.6 is 11.6 Å². The highest BCUT2D eigenvalue weighted by Crippen LogP contribution is 2.49. The van der Waals surface area contributed by atoms with Crippen LogP contribution in [0.3, 0.4) is 0 Å². The third-order valence-corrected chi connectivity index (χ3v) is 7.05. The highest BCUT2D eigenvalue weighted by molar-refractivity contribution is 6.30. The van der Waals surface area contributed by atoms with Crippen LogP contribution in [0.25, 0.3) is 28.0 Å². The summed E-state index contributed by atoms with van der Waals surface area (Å²) in [5, 5.41) is 5.84. The maximum Gasteiger partial charge on any atom is 0.344 e. The number of aromatic nitrogens is 4. The molecular formula is C29H19ClN4O5. The number of hydrogen-bond acceptors (Lipinski definition) is 8. The maximum absolute atomic E-state index is 13.5. The minimum Gasteiger partial charge on any atom is -0.497 e. The third kappa shape index (κ3) is 3.62. The Morgan fingerprint density at radius 3 is 2.59 bits per heavy atom. The molecule has 0 radical (unpaired) electrons. The van der Waals surface area contributed by atoms with Crippen molar-refractivity contribution in [3.8, 4) is 34.5 Å². The molecule has 0 bridgehead atoms. The molecule has 0 saturated heterocycles. The Balaban J connectivity index is 1.53. The first-order chi connectivity index (χ1) is 19.1. The number of benzene rings is 3. The molecule has 6 aromatic rings.